The van der Waals surface area contributed by atoms with Crippen LogP contribution in [0.1, 0.15) is 16.2 Å². The number of carbonyl (C=O) groups is 1. The maximum absolute atomic E-state index is 11.3. The quantitative estimate of drug-likeness (QED) is 0.897. The van der Waals surface area contributed by atoms with Gasteiger partial charge in [-0.15, -0.1) is 0 Å². The first-order chi connectivity index (χ1) is 10.1. The summed E-state index contributed by atoms with van der Waals surface area (Å²) < 4.78 is 17.9. The summed E-state index contributed by atoms with van der Waals surface area (Å²) in [5.41, 5.74) is 0.0547. The van der Waals surface area contributed by atoms with Crippen LogP contribution in [-0.2, 0) is 13.5 Å². The van der Waals surface area contributed by atoms with E-state index in [9.17, 15) is 9.90 Å². The first kappa shape index (κ1) is 13.3. The Morgan fingerprint density at radius 3 is 2.86 bits per heavy atom. The number of hydrogen-bond donors (Lipinski definition) is 1. The fraction of sp³-hybridized carbons (Fsp3) is 0.286. The third-order valence-electron chi connectivity index (χ3n) is 3.21. The van der Waals surface area contributed by atoms with E-state index < -0.39 is 5.97 Å². The lowest BCUT2D eigenvalue weighted by Gasteiger charge is -2.10. The molecule has 0 amide bonds. The summed E-state index contributed by atoms with van der Waals surface area (Å²) in [6.07, 6.45) is 4.13. The van der Waals surface area contributed by atoms with Gasteiger partial charge in [-0.05, 0) is 0 Å². The van der Waals surface area contributed by atoms with Crippen LogP contribution in [0.25, 0.3) is 0 Å². The number of carboxylic acids is 1. The zero-order valence-corrected chi connectivity index (χ0v) is 11.4. The molecular formula is C14H14N2O5. The Hall–Kier alpha value is -2.70. The molecule has 1 aromatic heterocycles. The second-order valence-corrected chi connectivity index (χ2v) is 4.56. The first-order valence-corrected chi connectivity index (χ1v) is 6.41. The molecule has 21 heavy (non-hydrogen) atoms. The summed E-state index contributed by atoms with van der Waals surface area (Å²) in [5, 5.41) is 9.23. The Morgan fingerprint density at radius 2 is 2.19 bits per heavy atom. The molecule has 0 saturated carbocycles. The average molecular weight is 290 g/mol. The van der Waals surface area contributed by atoms with Gasteiger partial charge in [-0.3, -0.25) is 0 Å². The van der Waals surface area contributed by atoms with Gasteiger partial charge in [0.15, 0.2) is 11.5 Å². The van der Waals surface area contributed by atoms with E-state index >= 15 is 0 Å². The van der Waals surface area contributed by atoms with Gasteiger partial charge in [0.05, 0.1) is 6.61 Å². The van der Waals surface area contributed by atoms with Crippen LogP contribution >= 0.6 is 0 Å². The lowest BCUT2D eigenvalue weighted by Crippen LogP contribution is -2.09. The molecule has 1 aliphatic rings. The number of rotatable bonds is 5. The average Bonchev–Trinajstić information content (AvgIpc) is 3.06. The molecular weight excluding hydrogens is 276 g/mol. The molecule has 1 N–H and O–H groups in total. The number of nitrogens with zero attached hydrogens (tertiary/aromatic N) is 2. The summed E-state index contributed by atoms with van der Waals surface area (Å²) in [5.74, 6) is 0.977. The summed E-state index contributed by atoms with van der Waals surface area (Å²) in [4.78, 5) is 15.5. The minimum Gasteiger partial charge on any atom is -0.492 e. The standard InChI is InChI=1S/C14H14N2O5/c1-16-4-3-15-13(16)2-5-19-10-7-12-11(20-8-21-12)6-9(10)14(17)18/h3-4,6-7H,2,5,8H2,1H3,(H,17,18). The van der Waals surface area contributed by atoms with Crippen LogP contribution < -0.4 is 14.2 Å². The van der Waals surface area contributed by atoms with Crippen LogP contribution in [-0.4, -0.2) is 34.0 Å². The molecule has 0 aliphatic carbocycles. The third kappa shape index (κ3) is 2.62. The SMILES string of the molecule is Cn1ccnc1CCOc1cc2c(cc1C(=O)O)OCO2. The van der Waals surface area contributed by atoms with Crippen molar-refractivity contribution in [3.63, 3.8) is 0 Å². The molecule has 0 atom stereocenters. The molecule has 3 rings (SSSR count). The molecule has 0 unspecified atom stereocenters. The second-order valence-electron chi connectivity index (χ2n) is 4.56. The van der Waals surface area contributed by atoms with Gasteiger partial charge < -0.3 is 23.9 Å². The number of fused-ring (bicyclic) bond motifs is 1. The molecule has 0 bridgehead atoms. The molecule has 0 spiro atoms. The maximum atomic E-state index is 11.3. The number of carboxylic acid groups (broad SMARTS) is 1. The van der Waals surface area contributed by atoms with E-state index in [-0.39, 0.29) is 18.1 Å². The van der Waals surface area contributed by atoms with Crippen LogP contribution in [0.3, 0.4) is 0 Å². The van der Waals surface area contributed by atoms with E-state index in [2.05, 4.69) is 4.98 Å². The predicted molar refractivity (Wildman–Crippen MR) is 71.9 cm³/mol. The molecule has 2 heterocycles. The van der Waals surface area contributed by atoms with Crippen molar-refractivity contribution in [3.05, 3.63) is 35.9 Å². The minimum atomic E-state index is -1.07. The predicted octanol–water partition coefficient (Wildman–Crippen LogP) is 1.47. The number of benzene rings is 1. The summed E-state index contributed by atoms with van der Waals surface area (Å²) in [6.45, 7) is 0.413. The highest BCUT2D eigenvalue weighted by atomic mass is 16.7. The van der Waals surface area contributed by atoms with Crippen LogP contribution in [0.15, 0.2) is 24.5 Å². The van der Waals surface area contributed by atoms with Crippen molar-refractivity contribution in [3.8, 4) is 17.2 Å². The number of aromatic nitrogens is 2. The van der Waals surface area contributed by atoms with E-state index in [1.165, 1.54) is 6.07 Å². The molecule has 7 nitrogen and oxygen atoms in total. The topological polar surface area (TPSA) is 82.8 Å². The summed E-state index contributed by atoms with van der Waals surface area (Å²) in [6, 6.07) is 2.96. The highest BCUT2D eigenvalue weighted by Gasteiger charge is 2.21. The highest BCUT2D eigenvalue weighted by Crippen LogP contribution is 2.38. The van der Waals surface area contributed by atoms with Gasteiger partial charge in [-0.2, -0.15) is 0 Å². The van der Waals surface area contributed by atoms with Crippen molar-refractivity contribution in [1.29, 1.82) is 0 Å². The van der Waals surface area contributed by atoms with E-state index in [0.29, 0.717) is 24.5 Å². The smallest absolute Gasteiger partial charge is 0.339 e. The molecule has 1 aromatic carbocycles. The van der Waals surface area contributed by atoms with Gasteiger partial charge >= 0.3 is 5.97 Å². The first-order valence-electron chi connectivity index (χ1n) is 6.41. The molecule has 0 radical (unpaired) electrons. The van der Waals surface area contributed by atoms with Gasteiger partial charge in [0, 0.05) is 38.0 Å². The fourth-order valence-corrected chi connectivity index (χ4v) is 2.10. The monoisotopic (exact) mass is 290 g/mol. The molecule has 1 aliphatic heterocycles. The Kier molecular flexibility index (Phi) is 3.39. The summed E-state index contributed by atoms with van der Waals surface area (Å²) >= 11 is 0. The van der Waals surface area contributed by atoms with Gasteiger partial charge in [0.25, 0.3) is 0 Å². The van der Waals surface area contributed by atoms with E-state index in [0.717, 1.165) is 5.82 Å². The second kappa shape index (κ2) is 5.35. The lowest BCUT2D eigenvalue weighted by atomic mass is 10.2. The number of hydrogen-bond acceptors (Lipinski definition) is 5. The highest BCUT2D eigenvalue weighted by molar-refractivity contribution is 5.92. The van der Waals surface area contributed by atoms with Crippen molar-refractivity contribution in [2.24, 2.45) is 7.05 Å². The van der Waals surface area contributed by atoms with Gasteiger partial charge in [0.2, 0.25) is 6.79 Å². The van der Waals surface area contributed by atoms with Crippen molar-refractivity contribution in [1.82, 2.24) is 9.55 Å². The number of imidazole rings is 1. The number of aromatic carboxylic acids is 1. The summed E-state index contributed by atoms with van der Waals surface area (Å²) in [7, 11) is 1.89. The van der Waals surface area contributed by atoms with Crippen molar-refractivity contribution in [2.75, 3.05) is 13.4 Å². The third-order valence-corrected chi connectivity index (χ3v) is 3.21. The molecule has 2 aromatic rings. The zero-order chi connectivity index (χ0) is 14.8. The maximum Gasteiger partial charge on any atom is 0.339 e. The van der Waals surface area contributed by atoms with Gasteiger partial charge in [-0.25, -0.2) is 9.78 Å². The van der Waals surface area contributed by atoms with E-state index in [4.69, 9.17) is 14.2 Å². The Morgan fingerprint density at radius 1 is 1.43 bits per heavy atom. The Bertz CT molecular complexity index is 680. The van der Waals surface area contributed by atoms with Crippen LogP contribution in [0.4, 0.5) is 0 Å². The van der Waals surface area contributed by atoms with Crippen molar-refractivity contribution in [2.45, 2.75) is 6.42 Å². The van der Waals surface area contributed by atoms with E-state index in [1.807, 2.05) is 17.8 Å². The van der Waals surface area contributed by atoms with Crippen LogP contribution in [0.5, 0.6) is 17.2 Å². The molecule has 7 heteroatoms. The van der Waals surface area contributed by atoms with Crippen LogP contribution in [0, 0.1) is 0 Å². The van der Waals surface area contributed by atoms with Gasteiger partial charge in [-0.1, -0.05) is 0 Å². The van der Waals surface area contributed by atoms with Crippen molar-refractivity contribution >= 4 is 5.97 Å². The number of ether oxygens (including phenoxy) is 3. The van der Waals surface area contributed by atoms with Crippen molar-refractivity contribution < 1.29 is 24.1 Å². The molecule has 110 valence electrons. The zero-order valence-electron chi connectivity index (χ0n) is 11.4. The molecule has 0 saturated heterocycles. The van der Waals surface area contributed by atoms with E-state index in [1.54, 1.807) is 12.3 Å². The minimum absolute atomic E-state index is 0.0547. The normalized spacial score (nSPS) is 12.4. The number of aryl methyl sites for hydroxylation is 1. The Balaban J connectivity index is 1.75. The largest absolute Gasteiger partial charge is 0.492 e. The lowest BCUT2D eigenvalue weighted by molar-refractivity contribution is 0.0692. The molecule has 0 fully saturated rings. The van der Waals surface area contributed by atoms with Crippen LogP contribution in [0.2, 0.25) is 0 Å². The Labute approximate surface area is 120 Å². The fourth-order valence-electron chi connectivity index (χ4n) is 2.10. The van der Waals surface area contributed by atoms with Gasteiger partial charge in [0.1, 0.15) is 17.1 Å².